The van der Waals surface area contributed by atoms with Crippen LogP contribution in [0.25, 0.3) is 0 Å². The zero-order valence-electron chi connectivity index (χ0n) is 9.58. The summed E-state index contributed by atoms with van der Waals surface area (Å²) in [6, 6.07) is 0. The highest BCUT2D eigenvalue weighted by molar-refractivity contribution is 7.80. The smallest absolute Gasteiger partial charge is 0.306 e. The Morgan fingerprint density at radius 1 is 1.27 bits per heavy atom. The molecule has 1 aliphatic carbocycles. The summed E-state index contributed by atoms with van der Waals surface area (Å²) in [5.74, 6) is -0.0227. The van der Waals surface area contributed by atoms with E-state index in [1.165, 1.54) is 0 Å². The van der Waals surface area contributed by atoms with Gasteiger partial charge in [-0.1, -0.05) is 6.92 Å². The van der Waals surface area contributed by atoms with Gasteiger partial charge in [-0.25, -0.2) is 0 Å². The van der Waals surface area contributed by atoms with Crippen LogP contribution in [0.5, 0.6) is 0 Å². The highest BCUT2D eigenvalue weighted by Crippen LogP contribution is 2.23. The molecule has 1 aliphatic rings. The van der Waals surface area contributed by atoms with Crippen LogP contribution < -0.4 is 0 Å². The van der Waals surface area contributed by atoms with Gasteiger partial charge in [-0.15, -0.1) is 0 Å². The van der Waals surface area contributed by atoms with Gasteiger partial charge < -0.3 is 4.74 Å². The van der Waals surface area contributed by atoms with E-state index in [2.05, 4.69) is 12.6 Å². The number of ether oxygens (including phenoxy) is 1. The van der Waals surface area contributed by atoms with E-state index >= 15 is 0 Å². The average molecular weight is 230 g/mol. The molecule has 0 aromatic carbocycles. The monoisotopic (exact) mass is 230 g/mol. The molecule has 2 nitrogen and oxygen atoms in total. The molecule has 0 atom stereocenters. The van der Waals surface area contributed by atoms with Gasteiger partial charge in [0.15, 0.2) is 0 Å². The Balaban J connectivity index is 2.26. The predicted molar refractivity (Wildman–Crippen MR) is 65.3 cm³/mol. The van der Waals surface area contributed by atoms with Gasteiger partial charge in [-0.05, 0) is 44.9 Å². The van der Waals surface area contributed by atoms with Crippen LogP contribution >= 0.6 is 12.6 Å². The van der Waals surface area contributed by atoms with Crippen molar-refractivity contribution in [1.82, 2.24) is 0 Å². The van der Waals surface area contributed by atoms with Crippen molar-refractivity contribution in [3.63, 3.8) is 0 Å². The predicted octanol–water partition coefficient (Wildman–Crippen LogP) is 3.35. The zero-order valence-corrected chi connectivity index (χ0v) is 10.5. The van der Waals surface area contributed by atoms with E-state index in [0.29, 0.717) is 11.7 Å². The molecule has 0 aliphatic heterocycles. The molecule has 1 saturated carbocycles. The van der Waals surface area contributed by atoms with E-state index in [-0.39, 0.29) is 12.1 Å². The Morgan fingerprint density at radius 3 is 2.40 bits per heavy atom. The van der Waals surface area contributed by atoms with Crippen LogP contribution in [0.4, 0.5) is 0 Å². The van der Waals surface area contributed by atoms with Crippen molar-refractivity contribution >= 4 is 18.6 Å². The maximum atomic E-state index is 11.3. The fourth-order valence-corrected chi connectivity index (χ4v) is 2.38. The summed E-state index contributed by atoms with van der Waals surface area (Å²) in [4.78, 5) is 11.3. The molecule has 0 bridgehead atoms. The first-order valence-electron chi connectivity index (χ1n) is 6.10. The van der Waals surface area contributed by atoms with Gasteiger partial charge >= 0.3 is 5.97 Å². The summed E-state index contributed by atoms with van der Waals surface area (Å²) < 4.78 is 5.44. The van der Waals surface area contributed by atoms with Crippen molar-refractivity contribution in [2.24, 2.45) is 0 Å². The van der Waals surface area contributed by atoms with E-state index in [0.717, 1.165) is 44.9 Å². The molecule has 88 valence electrons. The second-order valence-corrected chi connectivity index (χ2v) is 5.11. The molecule has 0 unspecified atom stereocenters. The van der Waals surface area contributed by atoms with Gasteiger partial charge in [0, 0.05) is 11.7 Å². The van der Waals surface area contributed by atoms with Crippen molar-refractivity contribution in [2.45, 2.75) is 69.6 Å². The first-order valence-corrected chi connectivity index (χ1v) is 6.61. The van der Waals surface area contributed by atoms with Gasteiger partial charge in [0.1, 0.15) is 6.10 Å². The summed E-state index contributed by atoms with van der Waals surface area (Å²) in [6.07, 6.45) is 8.24. The first-order chi connectivity index (χ1) is 7.22. The molecule has 0 amide bonds. The molecular weight excluding hydrogens is 208 g/mol. The van der Waals surface area contributed by atoms with Crippen molar-refractivity contribution in [1.29, 1.82) is 0 Å². The Labute approximate surface area is 98.2 Å². The number of carbonyl (C=O) groups is 1. The molecule has 0 heterocycles. The van der Waals surface area contributed by atoms with Crippen LogP contribution in [0.15, 0.2) is 0 Å². The summed E-state index contributed by atoms with van der Waals surface area (Å²) in [5.41, 5.74) is 0. The number of hydrogen-bond donors (Lipinski definition) is 1. The molecule has 0 radical (unpaired) electrons. The minimum atomic E-state index is -0.0227. The average Bonchev–Trinajstić information content (AvgIpc) is 2.14. The van der Waals surface area contributed by atoms with E-state index in [1.807, 2.05) is 6.92 Å². The number of rotatable bonds is 3. The lowest BCUT2D eigenvalue weighted by Gasteiger charge is -2.22. The highest BCUT2D eigenvalue weighted by Gasteiger charge is 2.17. The Hall–Kier alpha value is -0.180. The van der Waals surface area contributed by atoms with Crippen molar-refractivity contribution < 1.29 is 9.53 Å². The maximum Gasteiger partial charge on any atom is 0.306 e. The van der Waals surface area contributed by atoms with Gasteiger partial charge in [0.05, 0.1) is 0 Å². The van der Waals surface area contributed by atoms with Crippen LogP contribution in [-0.2, 0) is 9.53 Å². The number of esters is 1. The molecule has 0 aromatic heterocycles. The SMILES string of the molecule is CCCC(=O)OC1CCCC(S)CCC1. The molecule has 3 heteroatoms. The van der Waals surface area contributed by atoms with Gasteiger partial charge in [0.2, 0.25) is 0 Å². The van der Waals surface area contributed by atoms with Crippen molar-refractivity contribution in [3.05, 3.63) is 0 Å². The molecule has 15 heavy (non-hydrogen) atoms. The Bertz CT molecular complexity index is 184. The quantitative estimate of drug-likeness (QED) is 0.594. The topological polar surface area (TPSA) is 26.3 Å². The third-order valence-corrected chi connectivity index (χ3v) is 3.40. The zero-order chi connectivity index (χ0) is 11.1. The molecule has 0 spiro atoms. The fourth-order valence-electron chi connectivity index (χ4n) is 2.02. The van der Waals surface area contributed by atoms with Gasteiger partial charge in [-0.3, -0.25) is 4.79 Å². The van der Waals surface area contributed by atoms with Gasteiger partial charge in [0.25, 0.3) is 0 Å². The third-order valence-electron chi connectivity index (χ3n) is 2.88. The molecule has 1 rings (SSSR count). The van der Waals surface area contributed by atoms with E-state index in [1.54, 1.807) is 0 Å². The molecule has 0 saturated heterocycles. The van der Waals surface area contributed by atoms with E-state index in [4.69, 9.17) is 4.74 Å². The van der Waals surface area contributed by atoms with Crippen LogP contribution in [0.2, 0.25) is 0 Å². The minimum absolute atomic E-state index is 0.0227. The second-order valence-electron chi connectivity index (χ2n) is 4.38. The lowest BCUT2D eigenvalue weighted by Crippen LogP contribution is -2.20. The van der Waals surface area contributed by atoms with E-state index in [9.17, 15) is 4.79 Å². The second kappa shape index (κ2) is 7.15. The lowest BCUT2D eigenvalue weighted by atomic mass is 9.98. The maximum absolute atomic E-state index is 11.3. The minimum Gasteiger partial charge on any atom is -0.462 e. The highest BCUT2D eigenvalue weighted by atomic mass is 32.1. The summed E-state index contributed by atoms with van der Waals surface area (Å²) >= 11 is 4.50. The van der Waals surface area contributed by atoms with E-state index < -0.39 is 0 Å². The molecular formula is C12H22O2S. The lowest BCUT2D eigenvalue weighted by molar-refractivity contribution is -0.150. The van der Waals surface area contributed by atoms with Gasteiger partial charge in [-0.2, -0.15) is 12.6 Å². The fraction of sp³-hybridized carbons (Fsp3) is 0.917. The summed E-state index contributed by atoms with van der Waals surface area (Å²) in [5, 5.41) is 0.553. The largest absolute Gasteiger partial charge is 0.462 e. The third kappa shape index (κ3) is 5.45. The molecule has 0 aromatic rings. The molecule has 0 N–H and O–H groups in total. The van der Waals surface area contributed by atoms with Crippen molar-refractivity contribution in [2.75, 3.05) is 0 Å². The van der Waals surface area contributed by atoms with Crippen LogP contribution in [0.1, 0.15) is 58.3 Å². The van der Waals surface area contributed by atoms with Crippen LogP contribution in [0.3, 0.4) is 0 Å². The Morgan fingerprint density at radius 2 is 1.87 bits per heavy atom. The van der Waals surface area contributed by atoms with Crippen molar-refractivity contribution in [3.8, 4) is 0 Å². The number of carbonyl (C=O) groups excluding carboxylic acids is 1. The molecule has 1 fully saturated rings. The summed E-state index contributed by atoms with van der Waals surface area (Å²) in [7, 11) is 0. The van der Waals surface area contributed by atoms with Crippen LogP contribution in [-0.4, -0.2) is 17.3 Å². The first kappa shape index (κ1) is 12.9. The number of thiol groups is 1. The Kier molecular flexibility index (Phi) is 6.15. The standard InChI is InChI=1S/C12H22O2S/c1-2-5-12(13)14-10-6-3-8-11(15)9-4-7-10/h10-11,15H,2-9H2,1H3. The normalized spacial score (nSPS) is 27.9. The number of hydrogen-bond acceptors (Lipinski definition) is 3. The summed E-state index contributed by atoms with van der Waals surface area (Å²) in [6.45, 7) is 2.00. The van der Waals surface area contributed by atoms with Crippen LogP contribution in [0, 0.1) is 0 Å².